The van der Waals surface area contributed by atoms with Crippen LogP contribution < -0.4 is 0 Å². The molecule has 0 unspecified atom stereocenters. The molecule has 0 radical (unpaired) electrons. The molecule has 0 aliphatic rings. The van der Waals surface area contributed by atoms with Crippen molar-refractivity contribution >= 4 is 18.6 Å². The number of rotatable bonds is 3. The van der Waals surface area contributed by atoms with Crippen molar-refractivity contribution < 1.29 is 9.90 Å². The van der Waals surface area contributed by atoms with Gasteiger partial charge in [0.15, 0.2) is 0 Å². The zero-order chi connectivity index (χ0) is 11.4. The number of aryl methyl sites for hydroxylation is 1. The molecule has 1 aromatic rings. The maximum Gasteiger partial charge on any atom is 0.307 e. The maximum atomic E-state index is 10.7. The lowest BCUT2D eigenvalue weighted by Crippen LogP contribution is -2.06. The van der Waals surface area contributed by atoms with E-state index in [0.29, 0.717) is 22.4 Å². The quantitative estimate of drug-likeness (QED) is 0.768. The Morgan fingerprint density at radius 1 is 1.60 bits per heavy atom. The Balaban J connectivity index is 3.31. The molecule has 1 aromatic carbocycles. The molecule has 3 nitrogen and oxygen atoms in total. The Hall–Kier alpha value is -1.47. The first-order valence-corrected chi connectivity index (χ1v) is 4.99. The van der Waals surface area contributed by atoms with Gasteiger partial charge in [0.05, 0.1) is 18.1 Å². The zero-order valence-corrected chi connectivity index (χ0v) is 9.21. The predicted octanol–water partition coefficient (Wildman–Crippen LogP) is 2.04. The zero-order valence-electron chi connectivity index (χ0n) is 8.32. The number of nitriles is 1. The molecule has 0 bridgehead atoms. The van der Waals surface area contributed by atoms with E-state index >= 15 is 0 Å². The van der Waals surface area contributed by atoms with Gasteiger partial charge in [-0.25, -0.2) is 0 Å². The second-order valence-corrected chi connectivity index (χ2v) is 3.68. The number of hydrogen-bond acceptors (Lipinski definition) is 3. The number of aliphatic carboxylic acids is 1. The molecule has 0 amide bonds. The summed E-state index contributed by atoms with van der Waals surface area (Å²) in [7, 11) is 0. The van der Waals surface area contributed by atoms with E-state index < -0.39 is 5.97 Å². The largest absolute Gasteiger partial charge is 0.481 e. The molecule has 0 aliphatic heterocycles. The van der Waals surface area contributed by atoms with Crippen molar-refractivity contribution in [2.24, 2.45) is 0 Å². The summed E-state index contributed by atoms with van der Waals surface area (Å²) in [5, 5.41) is 17.6. The van der Waals surface area contributed by atoms with Gasteiger partial charge in [0.25, 0.3) is 0 Å². The molecule has 0 aliphatic carbocycles. The van der Waals surface area contributed by atoms with Crippen LogP contribution in [-0.2, 0) is 17.6 Å². The van der Waals surface area contributed by atoms with Crippen molar-refractivity contribution in [3.05, 3.63) is 28.8 Å². The van der Waals surface area contributed by atoms with Gasteiger partial charge >= 0.3 is 5.97 Å². The van der Waals surface area contributed by atoms with Gasteiger partial charge in [0.1, 0.15) is 0 Å². The molecule has 78 valence electrons. The van der Waals surface area contributed by atoms with Gasteiger partial charge in [-0.15, -0.1) is 12.6 Å². The molecule has 1 rings (SSSR count). The highest BCUT2D eigenvalue weighted by Gasteiger charge is 2.11. The fourth-order valence-electron chi connectivity index (χ4n) is 1.49. The first-order valence-electron chi connectivity index (χ1n) is 4.55. The summed E-state index contributed by atoms with van der Waals surface area (Å²) in [6.45, 7) is 1.93. The van der Waals surface area contributed by atoms with Crippen LogP contribution in [-0.4, -0.2) is 11.1 Å². The van der Waals surface area contributed by atoms with Crippen molar-refractivity contribution in [3.63, 3.8) is 0 Å². The van der Waals surface area contributed by atoms with Gasteiger partial charge in [0, 0.05) is 4.90 Å². The lowest BCUT2D eigenvalue weighted by molar-refractivity contribution is -0.136. The first kappa shape index (κ1) is 11.6. The third-order valence-corrected chi connectivity index (χ3v) is 2.41. The SMILES string of the molecule is CCc1cc(S)cc(C#N)c1CC(=O)O. The summed E-state index contributed by atoms with van der Waals surface area (Å²) in [5.41, 5.74) is 1.88. The summed E-state index contributed by atoms with van der Waals surface area (Å²) in [6.07, 6.45) is 0.589. The van der Waals surface area contributed by atoms with Gasteiger partial charge < -0.3 is 5.11 Å². The summed E-state index contributed by atoms with van der Waals surface area (Å²) in [6, 6.07) is 5.41. The number of carboxylic acids is 1. The minimum atomic E-state index is -0.923. The van der Waals surface area contributed by atoms with Gasteiger partial charge in [-0.2, -0.15) is 5.26 Å². The van der Waals surface area contributed by atoms with Crippen LogP contribution in [0, 0.1) is 11.3 Å². The fraction of sp³-hybridized carbons (Fsp3) is 0.273. The van der Waals surface area contributed by atoms with Crippen molar-refractivity contribution in [2.75, 3.05) is 0 Å². The molecular weight excluding hydrogens is 210 g/mol. The van der Waals surface area contributed by atoms with Crippen LogP contribution in [0.2, 0.25) is 0 Å². The maximum absolute atomic E-state index is 10.7. The number of hydrogen-bond donors (Lipinski definition) is 2. The third kappa shape index (κ3) is 2.74. The van der Waals surface area contributed by atoms with Crippen LogP contribution >= 0.6 is 12.6 Å². The second kappa shape index (κ2) is 4.85. The van der Waals surface area contributed by atoms with E-state index in [-0.39, 0.29) is 6.42 Å². The van der Waals surface area contributed by atoms with E-state index in [1.54, 1.807) is 6.07 Å². The van der Waals surface area contributed by atoms with Crippen LogP contribution in [0.15, 0.2) is 17.0 Å². The van der Waals surface area contributed by atoms with E-state index in [1.807, 2.05) is 19.1 Å². The predicted molar refractivity (Wildman–Crippen MR) is 59.1 cm³/mol. The molecule has 1 N–H and O–H groups in total. The third-order valence-electron chi connectivity index (χ3n) is 2.16. The molecule has 0 fully saturated rings. The fourth-order valence-corrected chi connectivity index (χ4v) is 1.78. The molecule has 0 aromatic heterocycles. The number of carbonyl (C=O) groups is 1. The summed E-state index contributed by atoms with van der Waals surface area (Å²) < 4.78 is 0. The average Bonchev–Trinajstić information content (AvgIpc) is 2.19. The van der Waals surface area contributed by atoms with Crippen LogP contribution in [0.4, 0.5) is 0 Å². The minimum absolute atomic E-state index is 0.111. The second-order valence-electron chi connectivity index (χ2n) is 3.17. The smallest absolute Gasteiger partial charge is 0.307 e. The first-order chi connectivity index (χ1) is 7.08. The Kier molecular flexibility index (Phi) is 3.75. The Morgan fingerprint density at radius 2 is 2.27 bits per heavy atom. The summed E-state index contributed by atoms with van der Waals surface area (Å²) >= 11 is 4.17. The van der Waals surface area contributed by atoms with Gasteiger partial charge in [-0.05, 0) is 29.7 Å². The highest BCUT2D eigenvalue weighted by atomic mass is 32.1. The van der Waals surface area contributed by atoms with E-state index in [0.717, 1.165) is 5.56 Å². The standard InChI is InChI=1S/C11H11NO2S/c1-2-7-3-9(15)4-8(6-12)10(7)5-11(13)14/h3-4,15H,2,5H2,1H3,(H,13,14). The molecule has 0 heterocycles. The van der Waals surface area contributed by atoms with Crippen molar-refractivity contribution in [2.45, 2.75) is 24.7 Å². The van der Waals surface area contributed by atoms with E-state index in [2.05, 4.69) is 12.6 Å². The average molecular weight is 221 g/mol. The van der Waals surface area contributed by atoms with Gasteiger partial charge in [-0.3, -0.25) is 4.79 Å². The lowest BCUT2D eigenvalue weighted by atomic mass is 9.97. The summed E-state index contributed by atoms with van der Waals surface area (Å²) in [4.78, 5) is 11.4. The summed E-state index contributed by atoms with van der Waals surface area (Å²) in [5.74, 6) is -0.923. The lowest BCUT2D eigenvalue weighted by Gasteiger charge is -2.08. The Bertz CT molecular complexity index is 435. The van der Waals surface area contributed by atoms with E-state index in [4.69, 9.17) is 10.4 Å². The minimum Gasteiger partial charge on any atom is -0.481 e. The van der Waals surface area contributed by atoms with Crippen molar-refractivity contribution in [3.8, 4) is 6.07 Å². The van der Waals surface area contributed by atoms with E-state index in [9.17, 15) is 4.79 Å². The molecule has 15 heavy (non-hydrogen) atoms. The monoisotopic (exact) mass is 221 g/mol. The molecule has 0 spiro atoms. The topological polar surface area (TPSA) is 61.1 Å². The highest BCUT2D eigenvalue weighted by Crippen LogP contribution is 2.21. The highest BCUT2D eigenvalue weighted by molar-refractivity contribution is 7.80. The van der Waals surface area contributed by atoms with Crippen molar-refractivity contribution in [1.29, 1.82) is 5.26 Å². The van der Waals surface area contributed by atoms with Crippen molar-refractivity contribution in [1.82, 2.24) is 0 Å². The number of nitrogens with zero attached hydrogens (tertiary/aromatic N) is 1. The molecular formula is C11H11NO2S. The van der Waals surface area contributed by atoms with Gasteiger partial charge in [-0.1, -0.05) is 6.92 Å². The molecule has 0 atom stereocenters. The van der Waals surface area contributed by atoms with Crippen LogP contribution in [0.1, 0.15) is 23.6 Å². The normalized spacial score (nSPS) is 9.67. The van der Waals surface area contributed by atoms with Crippen LogP contribution in [0.3, 0.4) is 0 Å². The van der Waals surface area contributed by atoms with E-state index in [1.165, 1.54) is 0 Å². The Morgan fingerprint density at radius 3 is 2.73 bits per heavy atom. The molecule has 0 saturated heterocycles. The molecule has 4 heteroatoms. The van der Waals surface area contributed by atoms with Gasteiger partial charge in [0.2, 0.25) is 0 Å². The Labute approximate surface area is 93.8 Å². The van der Waals surface area contributed by atoms with Crippen LogP contribution in [0.5, 0.6) is 0 Å². The molecule has 0 saturated carbocycles. The number of carboxylic acid groups (broad SMARTS) is 1. The van der Waals surface area contributed by atoms with Crippen LogP contribution in [0.25, 0.3) is 0 Å². The number of benzene rings is 1. The number of thiol groups is 1.